The van der Waals surface area contributed by atoms with E-state index < -0.39 is 66.8 Å². The van der Waals surface area contributed by atoms with Crippen LogP contribution in [-0.2, 0) is 49.9 Å². The molecule has 1 aromatic heterocycles. The van der Waals surface area contributed by atoms with E-state index in [0.717, 1.165) is 24.2 Å². The van der Waals surface area contributed by atoms with Gasteiger partial charge in [-0.2, -0.15) is 4.33 Å². The molecule has 1 fully saturated rings. The summed E-state index contributed by atoms with van der Waals surface area (Å²) in [6, 6.07) is 5.68. The number of hydrogen-bond acceptors (Lipinski definition) is 15. The van der Waals surface area contributed by atoms with Gasteiger partial charge in [-0.15, -0.1) is 5.06 Å². The maximum Gasteiger partial charge on any atom is 0.339 e. The molecule has 5 N–H and O–H groups in total. The molecule has 0 spiro atoms. The third-order valence-electron chi connectivity index (χ3n) is 10.4. The normalized spacial score (nSPS) is 15.9. The highest BCUT2D eigenvalue weighted by atomic mass is 32.2. The van der Waals surface area contributed by atoms with Crippen LogP contribution >= 0.6 is 12.0 Å². The molecule has 3 amide bonds. The molecule has 0 saturated carbocycles. The number of hydrogen-bond donors (Lipinski definition) is 4. The van der Waals surface area contributed by atoms with Crippen molar-refractivity contribution in [1.29, 1.82) is 0 Å². The van der Waals surface area contributed by atoms with Crippen LogP contribution in [0.1, 0.15) is 125 Å². The molecule has 0 radical (unpaired) electrons. The van der Waals surface area contributed by atoms with Crippen LogP contribution in [0.15, 0.2) is 26.2 Å². The smallest absolute Gasteiger partial charge is 0.339 e. The van der Waals surface area contributed by atoms with Crippen LogP contribution in [0.3, 0.4) is 0 Å². The van der Waals surface area contributed by atoms with Gasteiger partial charge in [0.1, 0.15) is 15.0 Å². The second-order valence-corrected chi connectivity index (χ2v) is 17.9. The summed E-state index contributed by atoms with van der Waals surface area (Å²) >= 11 is 0.524. The first kappa shape index (κ1) is 51.5. The van der Waals surface area contributed by atoms with E-state index >= 15 is 0 Å². The first-order chi connectivity index (χ1) is 27.6. The highest BCUT2D eigenvalue weighted by Crippen LogP contribution is 2.45. The Morgan fingerprint density at radius 1 is 0.949 bits per heavy atom. The predicted molar refractivity (Wildman–Crippen MR) is 217 cm³/mol. The molecule has 2 aromatic rings. The lowest BCUT2D eigenvalue weighted by Crippen LogP contribution is -3.17. The SMILES string of the molecule is CC[NH+](C(C)C)C(C)C.CC[NH+](C(C)C)C(C)C.Nc1ccc2c3c(c(=O)oc2c1S(=O)(=O)[O-])CCC3C(CC(=O)NCCCC(=O)ON1C(=O)CCC1=O)SOO[O-]. The fourth-order valence-corrected chi connectivity index (χ4v) is 9.34. The van der Waals surface area contributed by atoms with E-state index in [9.17, 15) is 42.2 Å². The Hall–Kier alpha value is -3.63. The van der Waals surface area contributed by atoms with Crippen molar-refractivity contribution in [1.82, 2.24) is 10.4 Å². The zero-order valence-electron chi connectivity index (χ0n) is 35.8. The Morgan fingerprint density at radius 2 is 1.49 bits per heavy atom. The number of nitrogens with zero attached hydrogens (tertiary/aromatic N) is 1. The van der Waals surface area contributed by atoms with Crippen molar-refractivity contribution in [2.45, 2.75) is 154 Å². The number of benzene rings is 1. The molecule has 2 unspecified atom stereocenters. The summed E-state index contributed by atoms with van der Waals surface area (Å²) in [4.78, 5) is 67.7. The number of anilines is 1. The molecule has 1 saturated heterocycles. The van der Waals surface area contributed by atoms with Gasteiger partial charge in [0.25, 0.3) is 11.8 Å². The minimum atomic E-state index is -5.13. The van der Waals surface area contributed by atoms with Gasteiger partial charge < -0.3 is 39.9 Å². The summed E-state index contributed by atoms with van der Waals surface area (Å²) in [7, 11) is -5.13. The van der Waals surface area contributed by atoms with E-state index in [1.54, 1.807) is 9.80 Å². The van der Waals surface area contributed by atoms with Crippen LogP contribution in [0.2, 0.25) is 0 Å². The molecule has 1 aromatic carbocycles. The summed E-state index contributed by atoms with van der Waals surface area (Å²) in [5.74, 6) is -3.22. The third-order valence-corrected chi connectivity index (χ3v) is 12.2. The first-order valence-corrected chi connectivity index (χ1v) is 22.3. The number of amides is 3. The zero-order valence-corrected chi connectivity index (χ0v) is 37.5. The van der Waals surface area contributed by atoms with Gasteiger partial charge in [0.2, 0.25) is 5.91 Å². The Balaban J connectivity index is 0.000000553. The summed E-state index contributed by atoms with van der Waals surface area (Å²) in [6.07, 6.45) is 0.0597. The van der Waals surface area contributed by atoms with Gasteiger partial charge in [-0.1, -0.05) is 0 Å². The molecule has 2 heterocycles. The molecule has 18 nitrogen and oxygen atoms in total. The maximum absolute atomic E-state index is 12.7. The summed E-state index contributed by atoms with van der Waals surface area (Å²) < 4.78 is 45.3. The summed E-state index contributed by atoms with van der Waals surface area (Å²) in [5.41, 5.74) is 4.45. The lowest BCUT2D eigenvalue weighted by Gasteiger charge is -2.25. The molecule has 59 heavy (non-hydrogen) atoms. The number of rotatable bonds is 18. The topological polar surface area (TPSA) is 257 Å². The molecule has 1 aliphatic heterocycles. The van der Waals surface area contributed by atoms with Gasteiger partial charge in [-0.25, -0.2) is 18.0 Å². The van der Waals surface area contributed by atoms with Crippen molar-refractivity contribution in [2.24, 2.45) is 0 Å². The van der Waals surface area contributed by atoms with E-state index in [1.165, 1.54) is 25.2 Å². The second-order valence-electron chi connectivity index (χ2n) is 15.7. The van der Waals surface area contributed by atoms with Crippen LogP contribution < -0.4 is 31.7 Å². The van der Waals surface area contributed by atoms with Crippen LogP contribution in [0.5, 0.6) is 0 Å². The standard InChI is InChI=1S/C23H25N3O13S2.2C8H19N/c24-14-6-5-12-20-11(3-4-13(20)23(31)36-21(12)22(14)41(33,34)35)15(40-39-38-32)10-16(27)25-9-1-2-19(30)37-26-17(28)7-8-18(26)29;2*1-6-9(7(2)3)8(4)5/h5-6,11,15,32H,1-4,7-10,24H2,(H,25,27)(H,33,34,35);2*7-8H,6H2,1-5H3. The average Bonchev–Trinajstić information content (AvgIpc) is 3.72. The molecule has 334 valence electrons. The van der Waals surface area contributed by atoms with Crippen molar-refractivity contribution < 1.29 is 65.8 Å². The molecule has 1 aliphatic carbocycles. The molecule has 0 bridgehead atoms. The average molecular weight is 874 g/mol. The summed E-state index contributed by atoms with van der Waals surface area (Å²) in [6.45, 7) is 25.2. The van der Waals surface area contributed by atoms with Crippen molar-refractivity contribution in [3.05, 3.63) is 33.7 Å². The predicted octanol–water partition coefficient (Wildman–Crippen LogP) is 0.859. The van der Waals surface area contributed by atoms with Gasteiger partial charge in [0.15, 0.2) is 5.58 Å². The minimum absolute atomic E-state index is 0.0178. The number of hydroxylamine groups is 2. The Labute approximate surface area is 351 Å². The quantitative estimate of drug-likeness (QED) is 0.0237. The van der Waals surface area contributed by atoms with Crippen molar-refractivity contribution in [2.75, 3.05) is 25.4 Å². The van der Waals surface area contributed by atoms with Crippen LogP contribution in [-0.4, -0.2) is 90.8 Å². The van der Waals surface area contributed by atoms with Crippen molar-refractivity contribution in [3.8, 4) is 0 Å². The van der Waals surface area contributed by atoms with Gasteiger partial charge >= 0.3 is 11.6 Å². The maximum atomic E-state index is 12.7. The monoisotopic (exact) mass is 873 g/mol. The Morgan fingerprint density at radius 3 is 1.95 bits per heavy atom. The molecular weight excluding hydrogens is 811 g/mol. The molecule has 20 heteroatoms. The van der Waals surface area contributed by atoms with E-state index in [4.69, 9.17) is 15.0 Å². The zero-order chi connectivity index (χ0) is 44.8. The number of imide groups is 1. The van der Waals surface area contributed by atoms with Crippen molar-refractivity contribution >= 4 is 62.5 Å². The molecule has 2 aliphatic rings. The van der Waals surface area contributed by atoms with E-state index in [2.05, 4.69) is 83.9 Å². The fraction of sp³-hybridized carbons (Fsp3) is 0.667. The number of quaternary nitrogens is 2. The highest BCUT2D eigenvalue weighted by molar-refractivity contribution is 7.95. The lowest BCUT2D eigenvalue weighted by atomic mass is 9.92. The Kier molecular flexibility index (Phi) is 20.9. The fourth-order valence-electron chi connectivity index (χ4n) is 7.85. The van der Waals surface area contributed by atoms with Crippen LogP contribution in [0, 0.1) is 0 Å². The molecular formula is C39H63N5O13S2. The largest absolute Gasteiger partial charge is 0.744 e. The number of nitrogen functional groups attached to an aromatic ring is 1. The van der Waals surface area contributed by atoms with Gasteiger partial charge in [-0.05, 0) is 106 Å². The number of nitrogens with one attached hydrogen (secondary N) is 3. The third kappa shape index (κ3) is 14.8. The van der Waals surface area contributed by atoms with E-state index in [-0.39, 0.29) is 62.4 Å². The van der Waals surface area contributed by atoms with Gasteiger partial charge in [0.05, 0.1) is 42.9 Å². The molecule has 2 atom stereocenters. The van der Waals surface area contributed by atoms with Crippen LogP contribution in [0.25, 0.3) is 11.0 Å². The van der Waals surface area contributed by atoms with Crippen molar-refractivity contribution in [3.63, 3.8) is 0 Å². The number of carbonyl (C=O) groups excluding carboxylic acids is 4. The number of nitrogens with two attached hydrogens (primary N) is 1. The highest BCUT2D eigenvalue weighted by Gasteiger charge is 2.37. The minimum Gasteiger partial charge on any atom is -0.744 e. The summed E-state index contributed by atoms with van der Waals surface area (Å²) in [5, 5.41) is 16.3. The Bertz CT molecular complexity index is 1850. The first-order valence-electron chi connectivity index (χ1n) is 20.1. The molecule has 4 rings (SSSR count). The van der Waals surface area contributed by atoms with E-state index in [0.29, 0.717) is 22.7 Å². The number of fused-ring (bicyclic) bond motifs is 3. The van der Waals surface area contributed by atoms with Gasteiger partial charge in [-0.3, -0.25) is 19.4 Å². The van der Waals surface area contributed by atoms with Crippen LogP contribution in [0.4, 0.5) is 5.69 Å². The second kappa shape index (κ2) is 24.0. The van der Waals surface area contributed by atoms with E-state index in [1.807, 2.05) is 0 Å². The number of carbonyl (C=O) groups is 4. The lowest BCUT2D eigenvalue weighted by molar-refractivity contribution is -0.940. The van der Waals surface area contributed by atoms with Gasteiger partial charge in [0, 0.05) is 66.4 Å².